The van der Waals surface area contributed by atoms with Crippen molar-refractivity contribution in [2.75, 3.05) is 5.88 Å². The van der Waals surface area contributed by atoms with E-state index in [0.717, 1.165) is 0 Å². The first-order valence-corrected chi connectivity index (χ1v) is 4.55. The van der Waals surface area contributed by atoms with Crippen LogP contribution in [0.3, 0.4) is 0 Å². The van der Waals surface area contributed by atoms with E-state index >= 15 is 0 Å². The second-order valence-electron chi connectivity index (χ2n) is 3.04. The molecule has 0 saturated carbocycles. The van der Waals surface area contributed by atoms with Gasteiger partial charge < -0.3 is 0 Å². The quantitative estimate of drug-likeness (QED) is 0.610. The number of hydrogen-bond donors (Lipinski definition) is 0. The Bertz CT molecular complexity index is 270. The fraction of sp³-hybridized carbons (Fsp3) is 0.273. The number of hydrogen-bond acceptors (Lipinski definition) is 0. The maximum atomic E-state index is 5.66. The summed E-state index contributed by atoms with van der Waals surface area (Å²) in [6.45, 7) is 4.12. The lowest BCUT2D eigenvalue weighted by Crippen LogP contribution is -1.78. The summed E-state index contributed by atoms with van der Waals surface area (Å²) >= 11 is 5.66. The van der Waals surface area contributed by atoms with E-state index in [0.29, 0.717) is 5.88 Å². The predicted octanol–water partition coefficient (Wildman–Crippen LogP) is 3.64. The van der Waals surface area contributed by atoms with Gasteiger partial charge in [-0.25, -0.2) is 0 Å². The van der Waals surface area contributed by atoms with Crippen LogP contribution < -0.4 is 0 Å². The van der Waals surface area contributed by atoms with Gasteiger partial charge in [-0.05, 0) is 19.4 Å². The summed E-state index contributed by atoms with van der Waals surface area (Å²) in [7, 11) is 0. The van der Waals surface area contributed by atoms with Crippen LogP contribution in [0.15, 0.2) is 29.8 Å². The molecule has 0 nitrogen and oxygen atoms in total. The lowest BCUT2D eigenvalue weighted by Gasteiger charge is -1.96. The van der Waals surface area contributed by atoms with Crippen LogP contribution in [-0.4, -0.2) is 5.88 Å². The summed E-state index contributed by atoms with van der Waals surface area (Å²) < 4.78 is 0. The van der Waals surface area contributed by atoms with E-state index in [9.17, 15) is 0 Å². The van der Waals surface area contributed by atoms with Gasteiger partial charge in [0.15, 0.2) is 0 Å². The van der Waals surface area contributed by atoms with Crippen LogP contribution in [0.2, 0.25) is 0 Å². The number of rotatable bonds is 2. The van der Waals surface area contributed by atoms with Crippen LogP contribution in [0.1, 0.15) is 18.1 Å². The van der Waals surface area contributed by atoms with Crippen molar-refractivity contribution in [2.24, 2.45) is 0 Å². The Hall–Kier alpha value is -0.750. The largest absolute Gasteiger partial charge is 0.122 e. The van der Waals surface area contributed by atoms with Gasteiger partial charge in [0, 0.05) is 5.88 Å². The summed E-state index contributed by atoms with van der Waals surface area (Å²) in [6.07, 6.45) is 2.10. The van der Waals surface area contributed by atoms with Gasteiger partial charge in [-0.2, -0.15) is 0 Å². The molecule has 12 heavy (non-hydrogen) atoms. The third kappa shape index (κ3) is 2.71. The van der Waals surface area contributed by atoms with Gasteiger partial charge in [0.1, 0.15) is 0 Å². The van der Waals surface area contributed by atoms with Crippen LogP contribution in [-0.2, 0) is 0 Å². The Labute approximate surface area is 78.9 Å². The first kappa shape index (κ1) is 9.34. The highest BCUT2D eigenvalue weighted by Gasteiger charge is 1.89. The molecule has 0 N–H and O–H groups in total. The minimum Gasteiger partial charge on any atom is -0.122 e. The molecule has 1 rings (SSSR count). The zero-order chi connectivity index (χ0) is 8.97. The highest BCUT2D eigenvalue weighted by Crippen LogP contribution is 2.08. The maximum Gasteiger partial charge on any atom is 0.0434 e. The Kier molecular flexibility index (Phi) is 3.36. The molecule has 0 amide bonds. The van der Waals surface area contributed by atoms with E-state index in [1.807, 2.05) is 6.92 Å². The summed E-state index contributed by atoms with van der Waals surface area (Å²) in [5.41, 5.74) is 3.70. The molecule has 1 aromatic carbocycles. The molecule has 0 bridgehead atoms. The van der Waals surface area contributed by atoms with Crippen LogP contribution in [0, 0.1) is 6.92 Å². The first-order chi connectivity index (χ1) is 5.72. The van der Waals surface area contributed by atoms with Crippen LogP contribution >= 0.6 is 11.6 Å². The molecule has 0 saturated heterocycles. The van der Waals surface area contributed by atoms with Crippen molar-refractivity contribution in [1.29, 1.82) is 0 Å². The molecule has 1 aromatic rings. The summed E-state index contributed by atoms with van der Waals surface area (Å²) in [5, 5.41) is 0. The standard InChI is InChI=1S/C11H13Cl/c1-9-3-5-11(6-4-9)7-10(2)8-12/h3-7H,8H2,1-2H3. The lowest BCUT2D eigenvalue weighted by atomic mass is 10.1. The van der Waals surface area contributed by atoms with Crippen LogP contribution in [0.25, 0.3) is 6.08 Å². The predicted molar refractivity (Wildman–Crippen MR) is 55.6 cm³/mol. The molecule has 0 fully saturated rings. The molecule has 0 aliphatic carbocycles. The van der Waals surface area contributed by atoms with Gasteiger partial charge in [-0.1, -0.05) is 41.5 Å². The molecule has 1 heteroatoms. The monoisotopic (exact) mass is 180 g/mol. The molecule has 0 radical (unpaired) electrons. The van der Waals surface area contributed by atoms with Gasteiger partial charge in [0.2, 0.25) is 0 Å². The van der Waals surface area contributed by atoms with Crippen molar-refractivity contribution >= 4 is 17.7 Å². The Morgan fingerprint density at radius 3 is 2.42 bits per heavy atom. The number of allylic oxidation sites excluding steroid dienone is 1. The van der Waals surface area contributed by atoms with Gasteiger partial charge >= 0.3 is 0 Å². The smallest absolute Gasteiger partial charge is 0.0434 e. The van der Waals surface area contributed by atoms with Crippen molar-refractivity contribution in [2.45, 2.75) is 13.8 Å². The summed E-state index contributed by atoms with van der Waals surface area (Å²) in [6, 6.07) is 8.41. The van der Waals surface area contributed by atoms with Crippen molar-refractivity contribution in [1.82, 2.24) is 0 Å². The summed E-state index contributed by atoms with van der Waals surface area (Å²) in [5.74, 6) is 0.605. The van der Waals surface area contributed by atoms with Gasteiger partial charge in [0.05, 0.1) is 0 Å². The van der Waals surface area contributed by atoms with Crippen molar-refractivity contribution < 1.29 is 0 Å². The van der Waals surface area contributed by atoms with Crippen LogP contribution in [0.5, 0.6) is 0 Å². The van der Waals surface area contributed by atoms with E-state index in [2.05, 4.69) is 37.3 Å². The molecule has 0 aliphatic rings. The fourth-order valence-electron chi connectivity index (χ4n) is 0.986. The minimum atomic E-state index is 0.605. The molecular weight excluding hydrogens is 168 g/mol. The van der Waals surface area contributed by atoms with Gasteiger partial charge in [0.25, 0.3) is 0 Å². The fourth-order valence-corrected chi connectivity index (χ4v) is 1.06. The average molecular weight is 181 g/mol. The lowest BCUT2D eigenvalue weighted by molar-refractivity contribution is 1.41. The first-order valence-electron chi connectivity index (χ1n) is 4.02. The zero-order valence-electron chi connectivity index (χ0n) is 7.47. The molecule has 0 aromatic heterocycles. The normalized spacial score (nSPS) is 11.8. The van der Waals surface area contributed by atoms with E-state index in [4.69, 9.17) is 11.6 Å². The Morgan fingerprint density at radius 1 is 1.33 bits per heavy atom. The summed E-state index contributed by atoms with van der Waals surface area (Å²) in [4.78, 5) is 0. The third-order valence-corrected chi connectivity index (χ3v) is 2.12. The van der Waals surface area contributed by atoms with E-state index in [1.165, 1.54) is 16.7 Å². The Balaban J connectivity index is 2.84. The molecule has 0 heterocycles. The molecule has 0 unspecified atom stereocenters. The molecule has 0 atom stereocenters. The van der Waals surface area contributed by atoms with Gasteiger partial charge in [-0.15, -0.1) is 11.6 Å². The van der Waals surface area contributed by atoms with Crippen molar-refractivity contribution in [3.8, 4) is 0 Å². The number of benzene rings is 1. The second-order valence-corrected chi connectivity index (χ2v) is 3.30. The molecule has 0 aliphatic heterocycles. The number of alkyl halides is 1. The van der Waals surface area contributed by atoms with Crippen molar-refractivity contribution in [3.63, 3.8) is 0 Å². The Morgan fingerprint density at radius 2 is 1.92 bits per heavy atom. The average Bonchev–Trinajstić information content (AvgIpc) is 2.09. The SMILES string of the molecule is CC(=Cc1ccc(C)cc1)CCl. The number of halogens is 1. The minimum absolute atomic E-state index is 0.605. The zero-order valence-corrected chi connectivity index (χ0v) is 8.23. The van der Waals surface area contributed by atoms with E-state index in [-0.39, 0.29) is 0 Å². The van der Waals surface area contributed by atoms with Crippen molar-refractivity contribution in [3.05, 3.63) is 41.0 Å². The van der Waals surface area contributed by atoms with Gasteiger partial charge in [-0.3, -0.25) is 0 Å². The molecule has 64 valence electrons. The topological polar surface area (TPSA) is 0 Å². The molecule has 0 spiro atoms. The molecular formula is C11H13Cl. The van der Waals surface area contributed by atoms with Crippen LogP contribution in [0.4, 0.5) is 0 Å². The maximum absolute atomic E-state index is 5.66. The highest BCUT2D eigenvalue weighted by atomic mass is 35.5. The number of aryl methyl sites for hydroxylation is 1. The van der Waals surface area contributed by atoms with E-state index in [1.54, 1.807) is 0 Å². The third-order valence-electron chi connectivity index (χ3n) is 1.70. The second kappa shape index (κ2) is 4.32. The highest BCUT2D eigenvalue weighted by molar-refractivity contribution is 6.19. The van der Waals surface area contributed by atoms with E-state index < -0.39 is 0 Å².